The molecule has 0 radical (unpaired) electrons. The average Bonchev–Trinajstić information content (AvgIpc) is 3.26. The van der Waals surface area contributed by atoms with Crippen LogP contribution in [0.15, 0.2) is 46.2 Å². The van der Waals surface area contributed by atoms with Gasteiger partial charge in [0.05, 0.1) is 10.6 Å². The maximum Gasteiger partial charge on any atom is 0.236 e. The Hall–Kier alpha value is -1.73. The monoisotopic (exact) mass is 393 g/mol. The van der Waals surface area contributed by atoms with Crippen LogP contribution >= 0.6 is 23.7 Å². The van der Waals surface area contributed by atoms with Crippen LogP contribution in [0.4, 0.5) is 4.39 Å². The van der Waals surface area contributed by atoms with Crippen LogP contribution < -0.4 is 5.32 Å². The first-order chi connectivity index (χ1) is 12.2. The Morgan fingerprint density at radius 1 is 1.35 bits per heavy atom. The van der Waals surface area contributed by atoms with E-state index in [2.05, 4.69) is 10.2 Å². The number of halogens is 2. The van der Waals surface area contributed by atoms with Crippen LogP contribution in [0.25, 0.3) is 10.8 Å². The summed E-state index contributed by atoms with van der Waals surface area (Å²) in [6, 6.07) is 11.0. The Kier molecular flexibility index (Phi) is 6.09. The average molecular weight is 394 g/mol. The van der Waals surface area contributed by atoms with Crippen molar-refractivity contribution in [2.75, 3.05) is 19.6 Å². The minimum Gasteiger partial charge on any atom is -0.440 e. The zero-order chi connectivity index (χ0) is 17.2. The molecular weight excluding hydrogens is 373 g/mol. The third-order valence-corrected chi connectivity index (χ3v) is 5.42. The number of thiophene rings is 1. The molecule has 26 heavy (non-hydrogen) atoms. The minimum absolute atomic E-state index is 0. The largest absolute Gasteiger partial charge is 0.440 e. The Balaban J connectivity index is 0.00000196. The lowest BCUT2D eigenvalue weighted by molar-refractivity contribution is 0.151. The van der Waals surface area contributed by atoms with Gasteiger partial charge in [0, 0.05) is 32.2 Å². The first-order valence-corrected chi connectivity index (χ1v) is 9.29. The molecule has 0 bridgehead atoms. The van der Waals surface area contributed by atoms with Gasteiger partial charge in [-0.3, -0.25) is 4.90 Å². The summed E-state index contributed by atoms with van der Waals surface area (Å²) in [6.45, 7) is 5.27. The molecule has 1 aromatic carbocycles. The maximum absolute atomic E-state index is 13.6. The van der Waals surface area contributed by atoms with Crippen molar-refractivity contribution in [2.45, 2.75) is 19.5 Å². The van der Waals surface area contributed by atoms with Crippen LogP contribution in [-0.2, 0) is 6.54 Å². The number of rotatable bonds is 4. The standard InChI is InChI=1S/C19H20FN3OS.ClH/c1-13-16(22-19(24-13)18-6-3-9-25-18)12-23-8-7-21-11-17(23)14-4-2-5-15(20)10-14;/h2-6,9-10,17,21H,7-8,11-12H2,1H3;1H. The predicted molar refractivity (Wildman–Crippen MR) is 104 cm³/mol. The van der Waals surface area contributed by atoms with E-state index in [0.717, 1.165) is 41.5 Å². The quantitative estimate of drug-likeness (QED) is 0.712. The first-order valence-electron chi connectivity index (χ1n) is 8.41. The van der Waals surface area contributed by atoms with Gasteiger partial charge in [0.25, 0.3) is 0 Å². The molecule has 1 unspecified atom stereocenters. The highest BCUT2D eigenvalue weighted by Gasteiger charge is 2.26. The maximum atomic E-state index is 13.6. The molecule has 0 saturated carbocycles. The van der Waals surface area contributed by atoms with E-state index in [4.69, 9.17) is 9.40 Å². The highest BCUT2D eigenvalue weighted by Crippen LogP contribution is 2.29. The van der Waals surface area contributed by atoms with E-state index < -0.39 is 0 Å². The van der Waals surface area contributed by atoms with Gasteiger partial charge < -0.3 is 9.73 Å². The molecule has 1 aliphatic heterocycles. The third kappa shape index (κ3) is 3.99. The Labute approximate surface area is 162 Å². The number of oxazole rings is 1. The van der Waals surface area contributed by atoms with Crippen molar-refractivity contribution in [2.24, 2.45) is 0 Å². The molecular formula is C19H21ClFN3OS. The minimum atomic E-state index is -0.194. The molecule has 2 aromatic heterocycles. The molecule has 3 aromatic rings. The third-order valence-electron chi connectivity index (χ3n) is 4.57. The summed E-state index contributed by atoms with van der Waals surface area (Å²) in [5.41, 5.74) is 1.94. The summed E-state index contributed by atoms with van der Waals surface area (Å²) in [6.07, 6.45) is 0. The summed E-state index contributed by atoms with van der Waals surface area (Å²) in [7, 11) is 0. The van der Waals surface area contributed by atoms with Crippen LogP contribution in [0.5, 0.6) is 0 Å². The van der Waals surface area contributed by atoms with E-state index in [1.165, 1.54) is 6.07 Å². The molecule has 1 atom stereocenters. The molecule has 1 saturated heterocycles. The molecule has 3 heterocycles. The van der Waals surface area contributed by atoms with Crippen molar-refractivity contribution in [1.82, 2.24) is 15.2 Å². The Bertz CT molecular complexity index is 852. The molecule has 4 nitrogen and oxygen atoms in total. The summed E-state index contributed by atoms with van der Waals surface area (Å²) in [5.74, 6) is 1.33. The number of nitrogens with one attached hydrogen (secondary N) is 1. The highest BCUT2D eigenvalue weighted by molar-refractivity contribution is 7.13. The van der Waals surface area contributed by atoms with Crippen molar-refractivity contribution in [3.05, 3.63) is 64.6 Å². The van der Waals surface area contributed by atoms with Gasteiger partial charge in [-0.15, -0.1) is 23.7 Å². The van der Waals surface area contributed by atoms with Gasteiger partial charge in [-0.05, 0) is 36.1 Å². The van der Waals surface area contributed by atoms with E-state index in [0.29, 0.717) is 12.4 Å². The summed E-state index contributed by atoms with van der Waals surface area (Å²) < 4.78 is 19.5. The van der Waals surface area contributed by atoms with Crippen molar-refractivity contribution in [3.8, 4) is 10.8 Å². The van der Waals surface area contributed by atoms with E-state index in [1.54, 1.807) is 23.5 Å². The van der Waals surface area contributed by atoms with Crippen LogP contribution in [-0.4, -0.2) is 29.5 Å². The highest BCUT2D eigenvalue weighted by atomic mass is 35.5. The lowest BCUT2D eigenvalue weighted by atomic mass is 10.0. The fourth-order valence-corrected chi connectivity index (χ4v) is 3.90. The van der Waals surface area contributed by atoms with Gasteiger partial charge in [0.1, 0.15) is 11.6 Å². The normalized spacial score (nSPS) is 17.8. The van der Waals surface area contributed by atoms with Gasteiger partial charge in [0.2, 0.25) is 5.89 Å². The Morgan fingerprint density at radius 2 is 2.23 bits per heavy atom. The van der Waals surface area contributed by atoms with Gasteiger partial charge in [-0.1, -0.05) is 18.2 Å². The summed E-state index contributed by atoms with van der Waals surface area (Å²) in [4.78, 5) is 8.08. The lowest BCUT2D eigenvalue weighted by Crippen LogP contribution is -2.45. The van der Waals surface area contributed by atoms with Crippen LogP contribution in [0.3, 0.4) is 0 Å². The molecule has 1 N–H and O–H groups in total. The molecule has 0 spiro atoms. The van der Waals surface area contributed by atoms with E-state index in [1.807, 2.05) is 30.5 Å². The smallest absolute Gasteiger partial charge is 0.236 e. The number of nitrogens with zero attached hydrogens (tertiary/aromatic N) is 2. The fourth-order valence-electron chi connectivity index (χ4n) is 3.25. The van der Waals surface area contributed by atoms with Gasteiger partial charge in [0.15, 0.2) is 0 Å². The molecule has 7 heteroatoms. The fraction of sp³-hybridized carbons (Fsp3) is 0.316. The number of piperazine rings is 1. The van der Waals surface area contributed by atoms with E-state index in [-0.39, 0.29) is 24.3 Å². The van der Waals surface area contributed by atoms with Crippen molar-refractivity contribution < 1.29 is 8.81 Å². The van der Waals surface area contributed by atoms with Gasteiger partial charge >= 0.3 is 0 Å². The van der Waals surface area contributed by atoms with E-state index >= 15 is 0 Å². The van der Waals surface area contributed by atoms with E-state index in [9.17, 15) is 4.39 Å². The van der Waals surface area contributed by atoms with Gasteiger partial charge in [-0.2, -0.15) is 0 Å². The van der Waals surface area contributed by atoms with Gasteiger partial charge in [-0.25, -0.2) is 9.37 Å². The summed E-state index contributed by atoms with van der Waals surface area (Å²) >= 11 is 1.62. The Morgan fingerprint density at radius 3 is 3.00 bits per heavy atom. The molecule has 1 fully saturated rings. The van der Waals surface area contributed by atoms with Crippen LogP contribution in [0, 0.1) is 12.7 Å². The first kappa shape index (κ1) is 19.0. The van der Waals surface area contributed by atoms with Crippen LogP contribution in [0.1, 0.15) is 23.1 Å². The zero-order valence-corrected chi connectivity index (χ0v) is 16.1. The number of hydrogen-bond acceptors (Lipinski definition) is 5. The molecule has 0 aliphatic carbocycles. The second-order valence-electron chi connectivity index (χ2n) is 6.24. The number of aromatic nitrogens is 1. The molecule has 4 rings (SSSR count). The summed E-state index contributed by atoms with van der Waals surface area (Å²) in [5, 5.41) is 5.42. The zero-order valence-electron chi connectivity index (χ0n) is 14.4. The molecule has 138 valence electrons. The second kappa shape index (κ2) is 8.31. The number of hydrogen-bond donors (Lipinski definition) is 1. The second-order valence-corrected chi connectivity index (χ2v) is 7.19. The van der Waals surface area contributed by atoms with Crippen molar-refractivity contribution >= 4 is 23.7 Å². The molecule has 0 amide bonds. The lowest BCUT2D eigenvalue weighted by Gasteiger charge is -2.36. The SMILES string of the molecule is Cc1oc(-c2cccs2)nc1CN1CCNCC1c1cccc(F)c1.Cl. The number of aryl methyl sites for hydroxylation is 1. The molecule has 1 aliphatic rings. The van der Waals surface area contributed by atoms with Crippen LogP contribution in [0.2, 0.25) is 0 Å². The van der Waals surface area contributed by atoms with Crippen molar-refractivity contribution in [3.63, 3.8) is 0 Å². The predicted octanol–water partition coefficient (Wildman–Crippen LogP) is 4.42. The topological polar surface area (TPSA) is 41.3 Å². The van der Waals surface area contributed by atoms with Crippen molar-refractivity contribution in [1.29, 1.82) is 0 Å². The number of benzene rings is 1.